The molecule has 0 aromatic heterocycles. The van der Waals surface area contributed by atoms with E-state index in [1.807, 2.05) is 0 Å². The SMILES string of the molecule is C[Si](C)(C)OC(=O)C(F)(OC(F)(F)C(F)(F)Br)C(F)(F)F. The summed E-state index contributed by atoms with van der Waals surface area (Å²) in [4.78, 5) is 5.79. The molecule has 0 amide bonds. The first-order valence-corrected chi connectivity index (χ1v) is 9.17. The van der Waals surface area contributed by atoms with E-state index in [1.165, 1.54) is 0 Å². The van der Waals surface area contributed by atoms with Crippen molar-refractivity contribution >= 4 is 30.2 Å². The van der Waals surface area contributed by atoms with Crippen molar-refractivity contribution in [3.8, 4) is 0 Å². The molecule has 0 aliphatic carbocycles. The van der Waals surface area contributed by atoms with Crippen LogP contribution in [-0.4, -0.2) is 37.3 Å². The van der Waals surface area contributed by atoms with Gasteiger partial charge in [-0.25, -0.2) is 4.79 Å². The number of alkyl halides is 9. The Labute approximate surface area is 122 Å². The van der Waals surface area contributed by atoms with Crippen LogP contribution >= 0.6 is 15.9 Å². The van der Waals surface area contributed by atoms with Crippen molar-refractivity contribution in [1.29, 1.82) is 0 Å². The summed E-state index contributed by atoms with van der Waals surface area (Å²) in [5, 5.41) is 0. The van der Waals surface area contributed by atoms with Crippen LogP contribution < -0.4 is 0 Å². The van der Waals surface area contributed by atoms with Gasteiger partial charge in [-0.3, -0.25) is 4.74 Å². The normalized spacial score (nSPS) is 17.3. The van der Waals surface area contributed by atoms with E-state index in [9.17, 15) is 39.9 Å². The van der Waals surface area contributed by atoms with Crippen LogP contribution in [0.4, 0.5) is 35.1 Å². The van der Waals surface area contributed by atoms with Gasteiger partial charge in [0.1, 0.15) is 0 Å². The summed E-state index contributed by atoms with van der Waals surface area (Å²) in [5.74, 6) is -8.61. The molecule has 0 radical (unpaired) electrons. The predicted molar refractivity (Wildman–Crippen MR) is 59.2 cm³/mol. The van der Waals surface area contributed by atoms with Crippen LogP contribution in [0.1, 0.15) is 0 Å². The zero-order valence-corrected chi connectivity index (χ0v) is 13.2. The minimum atomic E-state index is -6.36. The molecular weight excluding hydrogens is 404 g/mol. The second-order valence-corrected chi connectivity index (χ2v) is 10.1. The number of rotatable bonds is 5. The van der Waals surface area contributed by atoms with Crippen molar-refractivity contribution in [2.45, 2.75) is 42.6 Å². The maximum Gasteiger partial charge on any atom is 0.460 e. The summed E-state index contributed by atoms with van der Waals surface area (Å²) >= 11 is 1.04. The van der Waals surface area contributed by atoms with E-state index in [-0.39, 0.29) is 0 Å². The molecule has 1 unspecified atom stereocenters. The van der Waals surface area contributed by atoms with Gasteiger partial charge >= 0.3 is 28.9 Å². The maximum absolute atomic E-state index is 13.6. The van der Waals surface area contributed by atoms with Gasteiger partial charge in [-0.1, -0.05) is 0 Å². The van der Waals surface area contributed by atoms with E-state index in [4.69, 9.17) is 0 Å². The molecule has 0 fully saturated rings. The molecule has 0 aliphatic heterocycles. The minimum absolute atomic E-state index is 1.04. The fourth-order valence-electron chi connectivity index (χ4n) is 0.793. The monoisotopic (exact) mass is 412 g/mol. The fraction of sp³-hybridized carbons (Fsp3) is 0.875. The third kappa shape index (κ3) is 5.05. The standard InChI is InChI=1S/C8H9BrF8O3Si/c1-21(2,3)19-4(18)5(10,7(13,14)15)20-8(16,17)6(9,11)12/h1-3H3. The lowest BCUT2D eigenvalue weighted by Crippen LogP contribution is -2.58. The molecule has 0 aromatic rings. The zero-order chi connectivity index (χ0) is 17.5. The van der Waals surface area contributed by atoms with Gasteiger partial charge in [0.2, 0.25) is 8.32 Å². The number of carbonyl (C=O) groups excluding carboxylic acids is 1. The van der Waals surface area contributed by atoms with Gasteiger partial charge in [-0.05, 0) is 19.6 Å². The lowest BCUT2D eigenvalue weighted by Gasteiger charge is -2.32. The first-order valence-electron chi connectivity index (χ1n) is 4.97. The van der Waals surface area contributed by atoms with Gasteiger partial charge in [0.15, 0.2) is 0 Å². The summed E-state index contributed by atoms with van der Waals surface area (Å²) in [6.45, 7) is 3.41. The molecule has 126 valence electrons. The third-order valence-corrected chi connectivity index (χ3v) is 2.88. The maximum atomic E-state index is 13.6. The average molecular weight is 413 g/mol. The number of hydrogen-bond acceptors (Lipinski definition) is 3. The Bertz CT molecular complexity index is 402. The van der Waals surface area contributed by atoms with E-state index in [0.29, 0.717) is 0 Å². The zero-order valence-electron chi connectivity index (χ0n) is 10.6. The summed E-state index contributed by atoms with van der Waals surface area (Å²) in [6, 6.07) is 0. The molecule has 0 bridgehead atoms. The van der Waals surface area contributed by atoms with Gasteiger partial charge in [0.05, 0.1) is 0 Å². The van der Waals surface area contributed by atoms with Crippen molar-refractivity contribution in [2.75, 3.05) is 0 Å². The van der Waals surface area contributed by atoms with Crippen molar-refractivity contribution in [3.05, 3.63) is 0 Å². The van der Waals surface area contributed by atoms with Gasteiger partial charge in [-0.15, -0.1) is 0 Å². The molecule has 3 nitrogen and oxygen atoms in total. The molecule has 21 heavy (non-hydrogen) atoms. The van der Waals surface area contributed by atoms with E-state index < -0.39 is 37.3 Å². The molecule has 0 saturated carbocycles. The van der Waals surface area contributed by atoms with E-state index in [0.717, 1.165) is 35.6 Å². The highest BCUT2D eigenvalue weighted by atomic mass is 79.9. The van der Waals surface area contributed by atoms with Crippen molar-refractivity contribution in [1.82, 2.24) is 0 Å². The Morgan fingerprint density at radius 2 is 1.33 bits per heavy atom. The lowest BCUT2D eigenvalue weighted by atomic mass is 10.3. The Balaban J connectivity index is 5.66. The van der Waals surface area contributed by atoms with Crippen molar-refractivity contribution < 1.29 is 49.1 Å². The summed E-state index contributed by atoms with van der Waals surface area (Å²) in [7, 11) is -3.14. The molecule has 0 saturated heterocycles. The first-order chi connectivity index (χ1) is 8.83. The highest BCUT2D eigenvalue weighted by molar-refractivity contribution is 9.10. The van der Waals surface area contributed by atoms with Gasteiger partial charge in [0.25, 0.3) is 0 Å². The second-order valence-electron chi connectivity index (χ2n) is 4.71. The first kappa shape index (κ1) is 20.6. The fourth-order valence-corrected chi connectivity index (χ4v) is 1.56. The smallest absolute Gasteiger partial charge is 0.460 e. The Hall–Kier alpha value is -0.433. The van der Waals surface area contributed by atoms with Crippen LogP contribution in [0.5, 0.6) is 0 Å². The number of ether oxygens (including phenoxy) is 1. The Kier molecular flexibility index (Phi) is 5.53. The summed E-state index contributed by atoms with van der Waals surface area (Å²) in [6.07, 6.45) is -12.3. The van der Waals surface area contributed by atoms with Crippen LogP contribution in [0.25, 0.3) is 0 Å². The molecule has 13 heteroatoms. The van der Waals surface area contributed by atoms with E-state index in [2.05, 4.69) is 9.16 Å². The van der Waals surface area contributed by atoms with E-state index in [1.54, 1.807) is 0 Å². The van der Waals surface area contributed by atoms with Gasteiger partial charge < -0.3 is 4.43 Å². The number of hydrogen-bond donors (Lipinski definition) is 0. The second kappa shape index (κ2) is 5.65. The van der Waals surface area contributed by atoms with Gasteiger partial charge in [-0.2, -0.15) is 35.1 Å². The molecule has 0 aromatic carbocycles. The summed E-state index contributed by atoms with van der Waals surface area (Å²) < 4.78 is 108. The Morgan fingerprint density at radius 3 is 1.57 bits per heavy atom. The minimum Gasteiger partial charge on any atom is -0.515 e. The number of carbonyl (C=O) groups is 1. The lowest BCUT2D eigenvalue weighted by molar-refractivity contribution is -0.423. The Morgan fingerprint density at radius 1 is 0.952 bits per heavy atom. The third-order valence-electron chi connectivity index (χ3n) is 1.62. The molecular formula is C8H9BrF8O3Si. The van der Waals surface area contributed by atoms with Crippen molar-refractivity contribution in [3.63, 3.8) is 0 Å². The highest BCUT2D eigenvalue weighted by Crippen LogP contribution is 2.47. The molecule has 0 heterocycles. The van der Waals surface area contributed by atoms with Crippen LogP contribution in [0.15, 0.2) is 0 Å². The molecule has 0 aliphatic rings. The van der Waals surface area contributed by atoms with Crippen LogP contribution in [0.2, 0.25) is 19.6 Å². The van der Waals surface area contributed by atoms with Crippen LogP contribution in [0, 0.1) is 0 Å². The predicted octanol–water partition coefficient (Wildman–Crippen LogP) is 4.19. The topological polar surface area (TPSA) is 35.5 Å². The molecule has 0 spiro atoms. The van der Waals surface area contributed by atoms with Crippen LogP contribution in [0.3, 0.4) is 0 Å². The summed E-state index contributed by atoms with van der Waals surface area (Å²) in [5.41, 5.74) is 0. The van der Waals surface area contributed by atoms with Crippen molar-refractivity contribution in [2.24, 2.45) is 0 Å². The largest absolute Gasteiger partial charge is 0.515 e. The molecule has 1 atom stereocenters. The van der Waals surface area contributed by atoms with Crippen LogP contribution in [-0.2, 0) is 14.0 Å². The highest BCUT2D eigenvalue weighted by Gasteiger charge is 2.73. The average Bonchev–Trinajstić information content (AvgIpc) is 2.09. The quantitative estimate of drug-likeness (QED) is 0.385. The molecule has 0 rings (SSSR count). The van der Waals surface area contributed by atoms with Gasteiger partial charge in [0, 0.05) is 15.9 Å². The number of halogens is 9. The van der Waals surface area contributed by atoms with E-state index >= 15 is 0 Å². The molecule has 0 N–H and O–H groups in total.